The lowest BCUT2D eigenvalue weighted by Crippen LogP contribution is -2.38. The molecule has 0 saturated heterocycles. The second-order valence-electron chi connectivity index (χ2n) is 6.12. The first-order valence-corrected chi connectivity index (χ1v) is 8.24. The van der Waals surface area contributed by atoms with Gasteiger partial charge in [0.25, 0.3) is 0 Å². The van der Waals surface area contributed by atoms with Crippen molar-refractivity contribution < 1.29 is 18.3 Å². The fourth-order valence-corrected chi connectivity index (χ4v) is 2.75. The van der Waals surface area contributed by atoms with Gasteiger partial charge in [-0.2, -0.15) is 0 Å². The molecule has 1 heterocycles. The SMILES string of the molecule is COc1ncc(N/C=C\C(=N)NC(=O)C2(c3ccccc3F)CC2)cc1F. The molecule has 140 valence electrons. The fourth-order valence-electron chi connectivity index (χ4n) is 2.75. The van der Waals surface area contributed by atoms with E-state index in [0.29, 0.717) is 24.1 Å². The lowest BCUT2D eigenvalue weighted by Gasteiger charge is -2.16. The first-order chi connectivity index (χ1) is 13.0. The average Bonchev–Trinajstić information content (AvgIpc) is 3.44. The molecule has 1 aromatic carbocycles. The van der Waals surface area contributed by atoms with Gasteiger partial charge in [0.2, 0.25) is 11.8 Å². The molecule has 1 aliphatic carbocycles. The van der Waals surface area contributed by atoms with Gasteiger partial charge < -0.3 is 15.4 Å². The highest BCUT2D eigenvalue weighted by molar-refractivity contribution is 6.07. The average molecular weight is 372 g/mol. The minimum Gasteiger partial charge on any atom is -0.479 e. The minimum absolute atomic E-state index is 0.118. The third kappa shape index (κ3) is 3.94. The summed E-state index contributed by atoms with van der Waals surface area (Å²) < 4.78 is 32.3. The minimum atomic E-state index is -0.915. The monoisotopic (exact) mass is 372 g/mol. The van der Waals surface area contributed by atoms with Crippen molar-refractivity contribution in [3.8, 4) is 5.88 Å². The lowest BCUT2D eigenvalue weighted by molar-refractivity contribution is -0.122. The number of amides is 1. The van der Waals surface area contributed by atoms with Crippen LogP contribution in [0.5, 0.6) is 5.88 Å². The third-order valence-electron chi connectivity index (χ3n) is 4.32. The summed E-state index contributed by atoms with van der Waals surface area (Å²) in [7, 11) is 1.32. The number of amidine groups is 1. The van der Waals surface area contributed by atoms with Crippen molar-refractivity contribution in [3.05, 3.63) is 66.0 Å². The standard InChI is InChI=1S/C19H18F2N4O2/c1-27-17-15(21)10-12(11-24-17)23-9-6-16(22)25-18(26)19(7-8-19)13-4-2-3-5-14(13)20/h2-6,9-11,23H,7-8H2,1H3,(H2,22,25,26)/b9-6-. The molecular weight excluding hydrogens is 354 g/mol. The van der Waals surface area contributed by atoms with Gasteiger partial charge in [0.15, 0.2) is 5.82 Å². The van der Waals surface area contributed by atoms with E-state index in [9.17, 15) is 13.6 Å². The van der Waals surface area contributed by atoms with Gasteiger partial charge in [0, 0.05) is 17.8 Å². The van der Waals surface area contributed by atoms with E-state index in [1.807, 2.05) is 0 Å². The van der Waals surface area contributed by atoms with Gasteiger partial charge in [-0.15, -0.1) is 0 Å². The van der Waals surface area contributed by atoms with Crippen molar-refractivity contribution in [1.29, 1.82) is 5.41 Å². The molecule has 0 unspecified atom stereocenters. The number of anilines is 1. The summed E-state index contributed by atoms with van der Waals surface area (Å²) in [6.07, 6.45) is 5.11. The molecule has 0 aliphatic heterocycles. The molecule has 6 nitrogen and oxygen atoms in total. The highest BCUT2D eigenvalue weighted by Crippen LogP contribution is 2.49. The van der Waals surface area contributed by atoms with E-state index in [-0.39, 0.29) is 11.7 Å². The molecule has 2 aromatic rings. The van der Waals surface area contributed by atoms with Crippen LogP contribution in [0.3, 0.4) is 0 Å². The van der Waals surface area contributed by atoms with Crippen LogP contribution in [-0.4, -0.2) is 23.8 Å². The van der Waals surface area contributed by atoms with Gasteiger partial charge in [0.05, 0.1) is 24.4 Å². The number of nitrogens with one attached hydrogen (secondary N) is 3. The van der Waals surface area contributed by atoms with Gasteiger partial charge in [-0.25, -0.2) is 13.8 Å². The molecule has 0 bridgehead atoms. The zero-order valence-corrected chi connectivity index (χ0v) is 14.6. The van der Waals surface area contributed by atoms with Gasteiger partial charge in [0.1, 0.15) is 11.7 Å². The van der Waals surface area contributed by atoms with Crippen LogP contribution in [0.4, 0.5) is 14.5 Å². The fraction of sp³-hybridized carbons (Fsp3) is 0.211. The summed E-state index contributed by atoms with van der Waals surface area (Å²) in [5.74, 6) is -1.76. The van der Waals surface area contributed by atoms with Crippen molar-refractivity contribution in [2.45, 2.75) is 18.3 Å². The molecular formula is C19H18F2N4O2. The number of aromatic nitrogens is 1. The number of halogens is 2. The Bertz CT molecular complexity index is 910. The normalized spacial score (nSPS) is 14.6. The Labute approximate surface area is 154 Å². The van der Waals surface area contributed by atoms with E-state index in [0.717, 1.165) is 0 Å². The number of ether oxygens (including phenoxy) is 1. The van der Waals surface area contributed by atoms with Gasteiger partial charge >= 0.3 is 0 Å². The maximum absolute atomic E-state index is 14.0. The molecule has 0 atom stereocenters. The second-order valence-corrected chi connectivity index (χ2v) is 6.12. The van der Waals surface area contributed by atoms with Crippen molar-refractivity contribution in [1.82, 2.24) is 10.3 Å². The molecule has 1 aliphatic rings. The highest BCUT2D eigenvalue weighted by Gasteiger charge is 2.52. The molecule has 0 spiro atoms. The highest BCUT2D eigenvalue weighted by atomic mass is 19.1. The molecule has 8 heteroatoms. The number of rotatable bonds is 6. The van der Waals surface area contributed by atoms with E-state index < -0.39 is 23.0 Å². The predicted molar refractivity (Wildman–Crippen MR) is 96.7 cm³/mol. The molecule has 1 fully saturated rings. The van der Waals surface area contributed by atoms with Crippen molar-refractivity contribution in [2.75, 3.05) is 12.4 Å². The van der Waals surface area contributed by atoms with E-state index in [4.69, 9.17) is 10.1 Å². The Kier molecular flexibility index (Phi) is 5.16. The van der Waals surface area contributed by atoms with E-state index in [1.165, 1.54) is 37.7 Å². The molecule has 1 amide bonds. The molecule has 3 rings (SSSR count). The second kappa shape index (κ2) is 7.53. The van der Waals surface area contributed by atoms with Crippen molar-refractivity contribution in [2.24, 2.45) is 0 Å². The van der Waals surface area contributed by atoms with Crippen LogP contribution >= 0.6 is 0 Å². The van der Waals surface area contributed by atoms with Crippen LogP contribution in [0.15, 0.2) is 48.8 Å². The van der Waals surface area contributed by atoms with Crippen LogP contribution < -0.4 is 15.4 Å². The Morgan fingerprint density at radius 2 is 2.04 bits per heavy atom. The Balaban J connectivity index is 1.59. The summed E-state index contributed by atoms with van der Waals surface area (Å²) in [6.45, 7) is 0. The number of benzene rings is 1. The van der Waals surface area contributed by atoms with Crippen molar-refractivity contribution in [3.63, 3.8) is 0 Å². The number of hydrogen-bond donors (Lipinski definition) is 3. The summed E-state index contributed by atoms with van der Waals surface area (Å²) >= 11 is 0. The Hall–Kier alpha value is -3.29. The smallest absolute Gasteiger partial charge is 0.250 e. The first kappa shape index (κ1) is 18.5. The summed E-state index contributed by atoms with van der Waals surface area (Å²) in [5, 5.41) is 13.1. The van der Waals surface area contributed by atoms with E-state index in [2.05, 4.69) is 15.6 Å². The van der Waals surface area contributed by atoms with Gasteiger partial charge in [-0.05, 0) is 25.0 Å². The summed E-state index contributed by atoms with van der Waals surface area (Å²) in [4.78, 5) is 16.3. The van der Waals surface area contributed by atoms with E-state index >= 15 is 0 Å². The Morgan fingerprint density at radius 1 is 1.30 bits per heavy atom. The third-order valence-corrected chi connectivity index (χ3v) is 4.32. The number of carbonyl (C=O) groups excluding carboxylic acids is 1. The van der Waals surface area contributed by atoms with E-state index in [1.54, 1.807) is 18.2 Å². The number of hydrogen-bond acceptors (Lipinski definition) is 5. The van der Waals surface area contributed by atoms with Crippen LogP contribution in [0.25, 0.3) is 0 Å². The topological polar surface area (TPSA) is 87.1 Å². The van der Waals surface area contributed by atoms with Crippen LogP contribution in [-0.2, 0) is 10.2 Å². The number of carbonyl (C=O) groups is 1. The van der Waals surface area contributed by atoms with Crippen LogP contribution in [0, 0.1) is 17.0 Å². The van der Waals surface area contributed by atoms with Crippen LogP contribution in [0.2, 0.25) is 0 Å². The van der Waals surface area contributed by atoms with Crippen LogP contribution in [0.1, 0.15) is 18.4 Å². The predicted octanol–water partition coefficient (Wildman–Crippen LogP) is 3.12. The molecule has 0 radical (unpaired) electrons. The van der Waals surface area contributed by atoms with Gasteiger partial charge in [-0.1, -0.05) is 18.2 Å². The summed E-state index contributed by atoms with van der Waals surface area (Å²) in [5.41, 5.74) is -0.215. The Morgan fingerprint density at radius 3 is 2.67 bits per heavy atom. The largest absolute Gasteiger partial charge is 0.479 e. The maximum atomic E-state index is 14.0. The quantitative estimate of drug-likeness (QED) is 0.537. The zero-order valence-electron chi connectivity index (χ0n) is 14.6. The maximum Gasteiger partial charge on any atom is 0.250 e. The number of nitrogens with zero attached hydrogens (tertiary/aromatic N) is 1. The molecule has 3 N–H and O–H groups in total. The van der Waals surface area contributed by atoms with Crippen molar-refractivity contribution >= 4 is 17.4 Å². The van der Waals surface area contributed by atoms with Gasteiger partial charge in [-0.3, -0.25) is 10.2 Å². The zero-order chi connectivity index (χ0) is 19.4. The first-order valence-electron chi connectivity index (χ1n) is 8.24. The molecule has 1 saturated carbocycles. The molecule has 1 aromatic heterocycles. The number of pyridine rings is 1. The number of methoxy groups -OCH3 is 1. The molecule has 27 heavy (non-hydrogen) atoms. The summed E-state index contributed by atoms with van der Waals surface area (Å²) in [6, 6.07) is 7.35. The lowest BCUT2D eigenvalue weighted by atomic mass is 9.94.